The van der Waals surface area contributed by atoms with Crippen LogP contribution in [0.25, 0.3) is 0 Å². The van der Waals surface area contributed by atoms with Crippen LogP contribution in [0.1, 0.15) is 10.4 Å². The number of nitrogens with one attached hydrogen (secondary N) is 2. The van der Waals surface area contributed by atoms with Crippen molar-refractivity contribution in [3.05, 3.63) is 72.2 Å². The standard InChI is InChI=1S/C20H18FN3O3/c1-26-16-6-7-17(18(12-16)27-2)24-19-10-13(8-9-22-19)20(25)23-15-5-3-4-14(21)11-15/h3-12H,1-2H3,(H,22,24)(H,23,25). The number of carbonyl (C=O) groups is 1. The first-order valence-corrected chi connectivity index (χ1v) is 8.11. The van der Waals surface area contributed by atoms with E-state index in [9.17, 15) is 9.18 Å². The maximum atomic E-state index is 13.3. The number of halogens is 1. The quantitative estimate of drug-likeness (QED) is 0.682. The molecule has 3 aromatic rings. The lowest BCUT2D eigenvalue weighted by Gasteiger charge is -2.12. The number of rotatable bonds is 6. The van der Waals surface area contributed by atoms with Crippen molar-refractivity contribution >= 4 is 23.1 Å². The van der Waals surface area contributed by atoms with Crippen molar-refractivity contribution in [2.75, 3.05) is 24.9 Å². The highest BCUT2D eigenvalue weighted by atomic mass is 19.1. The zero-order valence-electron chi connectivity index (χ0n) is 14.8. The van der Waals surface area contributed by atoms with Crippen molar-refractivity contribution < 1.29 is 18.7 Å². The molecule has 2 aromatic carbocycles. The molecule has 6 nitrogen and oxygen atoms in total. The molecule has 138 valence electrons. The Labute approximate surface area is 156 Å². The Hall–Kier alpha value is -3.61. The SMILES string of the molecule is COc1ccc(Nc2cc(C(=O)Nc3cccc(F)c3)ccn2)c(OC)c1. The molecule has 0 aliphatic heterocycles. The van der Waals surface area contributed by atoms with Crippen LogP contribution in [0.5, 0.6) is 11.5 Å². The van der Waals surface area contributed by atoms with Gasteiger partial charge in [0.25, 0.3) is 5.91 Å². The largest absolute Gasteiger partial charge is 0.497 e. The second-order valence-electron chi connectivity index (χ2n) is 5.59. The van der Waals surface area contributed by atoms with E-state index in [2.05, 4.69) is 15.6 Å². The second kappa shape index (κ2) is 8.18. The molecule has 0 saturated carbocycles. The molecule has 3 rings (SSSR count). The molecule has 1 heterocycles. The van der Waals surface area contributed by atoms with Gasteiger partial charge in [0.2, 0.25) is 0 Å². The Morgan fingerprint density at radius 1 is 1.04 bits per heavy atom. The molecule has 0 spiro atoms. The first-order chi connectivity index (χ1) is 13.1. The second-order valence-corrected chi connectivity index (χ2v) is 5.59. The zero-order valence-corrected chi connectivity index (χ0v) is 14.8. The van der Waals surface area contributed by atoms with Gasteiger partial charge in [0.15, 0.2) is 0 Å². The van der Waals surface area contributed by atoms with Crippen molar-refractivity contribution in [2.24, 2.45) is 0 Å². The third kappa shape index (κ3) is 4.52. The summed E-state index contributed by atoms with van der Waals surface area (Å²) in [5.41, 5.74) is 1.43. The number of benzene rings is 2. The molecule has 0 aliphatic carbocycles. The average molecular weight is 367 g/mol. The Morgan fingerprint density at radius 3 is 2.63 bits per heavy atom. The molecule has 0 unspecified atom stereocenters. The molecule has 7 heteroatoms. The maximum absolute atomic E-state index is 13.3. The van der Waals surface area contributed by atoms with E-state index in [0.29, 0.717) is 34.3 Å². The molecular weight excluding hydrogens is 349 g/mol. The van der Waals surface area contributed by atoms with Gasteiger partial charge in [-0.15, -0.1) is 0 Å². The summed E-state index contributed by atoms with van der Waals surface area (Å²) in [5.74, 6) is 0.911. The topological polar surface area (TPSA) is 72.5 Å². The van der Waals surface area contributed by atoms with Crippen LogP contribution >= 0.6 is 0 Å². The lowest BCUT2D eigenvalue weighted by molar-refractivity contribution is 0.102. The van der Waals surface area contributed by atoms with Crippen LogP contribution in [0.15, 0.2) is 60.8 Å². The Kier molecular flexibility index (Phi) is 5.51. The van der Waals surface area contributed by atoms with Crippen LogP contribution in [0, 0.1) is 5.82 Å². The lowest BCUT2D eigenvalue weighted by atomic mass is 10.2. The number of hydrogen-bond acceptors (Lipinski definition) is 5. The smallest absolute Gasteiger partial charge is 0.255 e. The number of pyridine rings is 1. The van der Waals surface area contributed by atoms with Gasteiger partial charge in [-0.05, 0) is 42.5 Å². The van der Waals surface area contributed by atoms with Crippen LogP contribution in [0.3, 0.4) is 0 Å². The average Bonchev–Trinajstić information content (AvgIpc) is 2.68. The first-order valence-electron chi connectivity index (χ1n) is 8.11. The van der Waals surface area contributed by atoms with E-state index in [-0.39, 0.29) is 5.91 Å². The third-order valence-electron chi connectivity index (χ3n) is 3.78. The van der Waals surface area contributed by atoms with Crippen LogP contribution in [0.4, 0.5) is 21.6 Å². The van der Waals surface area contributed by atoms with Crippen LogP contribution in [-0.2, 0) is 0 Å². The monoisotopic (exact) mass is 367 g/mol. The predicted molar refractivity (Wildman–Crippen MR) is 101 cm³/mol. The molecular formula is C20H18FN3O3. The van der Waals surface area contributed by atoms with Crippen LogP contribution in [0.2, 0.25) is 0 Å². The molecule has 1 amide bonds. The minimum absolute atomic E-state index is 0.368. The number of amides is 1. The molecule has 27 heavy (non-hydrogen) atoms. The molecule has 2 N–H and O–H groups in total. The van der Waals surface area contributed by atoms with Gasteiger partial charge in [0.1, 0.15) is 23.1 Å². The molecule has 0 atom stereocenters. The molecule has 1 aromatic heterocycles. The normalized spacial score (nSPS) is 10.2. The van der Waals surface area contributed by atoms with E-state index >= 15 is 0 Å². The predicted octanol–water partition coefficient (Wildman–Crippen LogP) is 4.23. The van der Waals surface area contributed by atoms with Crippen molar-refractivity contribution in [3.63, 3.8) is 0 Å². The molecule has 0 bridgehead atoms. The fourth-order valence-electron chi connectivity index (χ4n) is 2.45. The number of aromatic nitrogens is 1. The minimum Gasteiger partial charge on any atom is -0.497 e. The van der Waals surface area contributed by atoms with Crippen LogP contribution in [-0.4, -0.2) is 25.1 Å². The number of ether oxygens (including phenoxy) is 2. The lowest BCUT2D eigenvalue weighted by Crippen LogP contribution is -2.12. The summed E-state index contributed by atoms with van der Waals surface area (Å²) in [5, 5.41) is 5.76. The van der Waals surface area contributed by atoms with E-state index < -0.39 is 5.82 Å². The number of nitrogens with zero attached hydrogens (tertiary/aromatic N) is 1. The van der Waals surface area contributed by atoms with E-state index in [1.807, 2.05) is 0 Å². The summed E-state index contributed by atoms with van der Waals surface area (Å²) in [4.78, 5) is 16.6. The number of anilines is 3. The molecule has 0 aliphatic rings. The Balaban J connectivity index is 1.78. The summed E-state index contributed by atoms with van der Waals surface area (Å²) >= 11 is 0. The minimum atomic E-state index is -0.420. The Morgan fingerprint density at radius 2 is 1.89 bits per heavy atom. The Bertz CT molecular complexity index is 963. The fourth-order valence-corrected chi connectivity index (χ4v) is 2.45. The van der Waals surface area contributed by atoms with Crippen molar-refractivity contribution in [1.29, 1.82) is 0 Å². The number of hydrogen-bond donors (Lipinski definition) is 2. The summed E-state index contributed by atoms with van der Waals surface area (Å²) in [6.07, 6.45) is 1.51. The van der Waals surface area contributed by atoms with Crippen molar-refractivity contribution in [2.45, 2.75) is 0 Å². The highest BCUT2D eigenvalue weighted by Crippen LogP contribution is 2.31. The van der Waals surface area contributed by atoms with Gasteiger partial charge in [-0.1, -0.05) is 6.07 Å². The van der Waals surface area contributed by atoms with Gasteiger partial charge < -0.3 is 20.1 Å². The maximum Gasteiger partial charge on any atom is 0.255 e. The van der Waals surface area contributed by atoms with Gasteiger partial charge in [-0.2, -0.15) is 0 Å². The highest BCUT2D eigenvalue weighted by Gasteiger charge is 2.10. The van der Waals surface area contributed by atoms with Crippen LogP contribution < -0.4 is 20.1 Å². The van der Waals surface area contributed by atoms with Gasteiger partial charge in [-0.25, -0.2) is 9.37 Å². The zero-order chi connectivity index (χ0) is 19.2. The third-order valence-corrected chi connectivity index (χ3v) is 3.78. The molecule has 0 saturated heterocycles. The molecule has 0 fully saturated rings. The van der Waals surface area contributed by atoms with Gasteiger partial charge >= 0.3 is 0 Å². The fraction of sp³-hybridized carbons (Fsp3) is 0.100. The van der Waals surface area contributed by atoms with Gasteiger partial charge in [0, 0.05) is 23.5 Å². The van der Waals surface area contributed by atoms with E-state index in [1.54, 1.807) is 50.6 Å². The van der Waals surface area contributed by atoms with E-state index in [4.69, 9.17) is 9.47 Å². The summed E-state index contributed by atoms with van der Waals surface area (Å²) in [6, 6.07) is 14.2. The van der Waals surface area contributed by atoms with Crippen molar-refractivity contribution in [3.8, 4) is 11.5 Å². The van der Waals surface area contributed by atoms with Crippen molar-refractivity contribution in [1.82, 2.24) is 4.98 Å². The summed E-state index contributed by atoms with van der Waals surface area (Å²) in [6.45, 7) is 0. The highest BCUT2D eigenvalue weighted by molar-refractivity contribution is 6.04. The summed E-state index contributed by atoms with van der Waals surface area (Å²) < 4.78 is 23.8. The number of methoxy groups -OCH3 is 2. The molecule has 0 radical (unpaired) electrons. The number of carbonyl (C=O) groups excluding carboxylic acids is 1. The first kappa shape index (κ1) is 18.2. The van der Waals surface area contributed by atoms with Gasteiger partial charge in [-0.3, -0.25) is 4.79 Å². The summed E-state index contributed by atoms with van der Waals surface area (Å²) in [7, 11) is 3.13. The van der Waals surface area contributed by atoms with Gasteiger partial charge in [0.05, 0.1) is 19.9 Å². The van der Waals surface area contributed by atoms with E-state index in [0.717, 1.165) is 0 Å². The van der Waals surface area contributed by atoms with E-state index in [1.165, 1.54) is 24.4 Å².